The van der Waals surface area contributed by atoms with Crippen molar-refractivity contribution in [1.29, 1.82) is 0 Å². The van der Waals surface area contributed by atoms with Crippen LogP contribution >= 0.6 is 0 Å². The Morgan fingerprint density at radius 3 is 1.16 bits per heavy atom. The molecule has 0 saturated carbocycles. The monoisotopic (exact) mass is 336 g/mol. The minimum absolute atomic E-state index is 0.0833. The first-order valence-electron chi connectivity index (χ1n) is 7.41. The number of carbonyl (C=O) groups is 2. The van der Waals surface area contributed by atoms with E-state index in [1.165, 1.54) is 24.3 Å². The largest absolute Gasteiger partial charge is 0.478 e. The standard InChI is InChI=1S/C12H10O.C8H6O4/c1-3-7-11(8-4-1)13-12-9-5-2-6-10-12;9-7(10)5-1-2-6(4-3-5)8(11)12/h1-10H;1-4H,(H,9,10)(H,11,12). The molecule has 0 amide bonds. The number of para-hydroxylation sites is 2. The molecule has 126 valence electrons. The highest BCUT2D eigenvalue weighted by molar-refractivity contribution is 5.91. The normalized spacial score (nSPS) is 9.44. The fourth-order valence-corrected chi connectivity index (χ4v) is 1.87. The van der Waals surface area contributed by atoms with Gasteiger partial charge in [0.15, 0.2) is 0 Å². The van der Waals surface area contributed by atoms with E-state index in [0.717, 1.165) is 11.5 Å². The Hall–Kier alpha value is -3.60. The SMILES string of the molecule is O=C(O)c1ccc(C(=O)O)cc1.c1ccc(Oc2ccccc2)cc1. The smallest absolute Gasteiger partial charge is 0.335 e. The quantitative estimate of drug-likeness (QED) is 0.729. The van der Waals surface area contributed by atoms with Gasteiger partial charge >= 0.3 is 11.9 Å². The van der Waals surface area contributed by atoms with Crippen LogP contribution in [0.1, 0.15) is 20.7 Å². The van der Waals surface area contributed by atoms with Crippen LogP contribution in [0.15, 0.2) is 84.9 Å². The van der Waals surface area contributed by atoms with Crippen LogP contribution in [0.5, 0.6) is 11.5 Å². The van der Waals surface area contributed by atoms with Crippen molar-refractivity contribution in [1.82, 2.24) is 0 Å². The number of carboxylic acids is 2. The van der Waals surface area contributed by atoms with Gasteiger partial charge in [-0.1, -0.05) is 36.4 Å². The maximum absolute atomic E-state index is 10.3. The van der Waals surface area contributed by atoms with Crippen LogP contribution in [-0.2, 0) is 0 Å². The molecule has 0 atom stereocenters. The third-order valence-corrected chi connectivity index (χ3v) is 3.10. The van der Waals surface area contributed by atoms with Gasteiger partial charge < -0.3 is 14.9 Å². The van der Waals surface area contributed by atoms with Crippen molar-refractivity contribution in [2.24, 2.45) is 0 Å². The number of rotatable bonds is 4. The highest BCUT2D eigenvalue weighted by Gasteiger charge is 2.04. The molecular formula is C20H16O5. The Kier molecular flexibility index (Phi) is 6.31. The lowest BCUT2D eigenvalue weighted by Gasteiger charge is -2.03. The molecule has 0 fully saturated rings. The van der Waals surface area contributed by atoms with Gasteiger partial charge in [0.1, 0.15) is 11.5 Å². The summed E-state index contributed by atoms with van der Waals surface area (Å²) in [4.78, 5) is 20.7. The maximum atomic E-state index is 10.3. The fraction of sp³-hybridized carbons (Fsp3) is 0. The molecule has 0 spiro atoms. The molecule has 2 N–H and O–H groups in total. The molecule has 0 aliphatic rings. The van der Waals surface area contributed by atoms with Gasteiger partial charge in [-0.15, -0.1) is 0 Å². The second-order valence-corrected chi connectivity index (χ2v) is 4.92. The fourth-order valence-electron chi connectivity index (χ4n) is 1.87. The van der Waals surface area contributed by atoms with Gasteiger partial charge in [-0.05, 0) is 48.5 Å². The van der Waals surface area contributed by atoms with Crippen molar-refractivity contribution in [2.45, 2.75) is 0 Å². The second kappa shape index (κ2) is 8.88. The molecule has 0 bridgehead atoms. The van der Waals surface area contributed by atoms with Gasteiger partial charge in [-0.2, -0.15) is 0 Å². The van der Waals surface area contributed by atoms with Crippen LogP contribution in [-0.4, -0.2) is 22.2 Å². The highest BCUT2D eigenvalue weighted by atomic mass is 16.5. The first kappa shape index (κ1) is 17.7. The van der Waals surface area contributed by atoms with Crippen molar-refractivity contribution < 1.29 is 24.5 Å². The van der Waals surface area contributed by atoms with E-state index in [1.54, 1.807) is 0 Å². The topological polar surface area (TPSA) is 83.8 Å². The van der Waals surface area contributed by atoms with Crippen LogP contribution in [0.4, 0.5) is 0 Å². The minimum Gasteiger partial charge on any atom is -0.478 e. The zero-order valence-electron chi connectivity index (χ0n) is 13.2. The summed E-state index contributed by atoms with van der Waals surface area (Å²) in [7, 11) is 0. The molecule has 0 unspecified atom stereocenters. The van der Waals surface area contributed by atoms with Crippen molar-refractivity contribution in [3.8, 4) is 11.5 Å². The Balaban J connectivity index is 0.000000181. The van der Waals surface area contributed by atoms with Gasteiger partial charge in [0.2, 0.25) is 0 Å². The number of carboxylic acid groups (broad SMARTS) is 2. The van der Waals surface area contributed by atoms with Crippen LogP contribution in [0.25, 0.3) is 0 Å². The van der Waals surface area contributed by atoms with Crippen molar-refractivity contribution in [2.75, 3.05) is 0 Å². The van der Waals surface area contributed by atoms with Gasteiger partial charge in [-0.3, -0.25) is 0 Å². The number of hydrogen-bond acceptors (Lipinski definition) is 3. The molecular weight excluding hydrogens is 320 g/mol. The predicted molar refractivity (Wildman–Crippen MR) is 93.3 cm³/mol. The van der Waals surface area contributed by atoms with E-state index in [4.69, 9.17) is 14.9 Å². The van der Waals surface area contributed by atoms with E-state index < -0.39 is 11.9 Å². The Bertz CT molecular complexity index is 741. The molecule has 5 heteroatoms. The molecule has 0 aliphatic heterocycles. The van der Waals surface area contributed by atoms with E-state index >= 15 is 0 Å². The second-order valence-electron chi connectivity index (χ2n) is 4.92. The van der Waals surface area contributed by atoms with E-state index in [0.29, 0.717) is 0 Å². The molecule has 3 aromatic rings. The summed E-state index contributed by atoms with van der Waals surface area (Å²) in [6.45, 7) is 0. The molecule has 3 aromatic carbocycles. The summed E-state index contributed by atoms with van der Waals surface area (Å²) in [5, 5.41) is 16.9. The Morgan fingerprint density at radius 1 is 0.560 bits per heavy atom. The van der Waals surface area contributed by atoms with Crippen molar-refractivity contribution in [3.63, 3.8) is 0 Å². The molecule has 25 heavy (non-hydrogen) atoms. The third-order valence-electron chi connectivity index (χ3n) is 3.10. The summed E-state index contributed by atoms with van der Waals surface area (Å²) >= 11 is 0. The predicted octanol–water partition coefficient (Wildman–Crippen LogP) is 4.56. The zero-order valence-corrected chi connectivity index (χ0v) is 13.2. The van der Waals surface area contributed by atoms with Gasteiger partial charge in [0.25, 0.3) is 0 Å². The van der Waals surface area contributed by atoms with Crippen LogP contribution in [0.2, 0.25) is 0 Å². The first-order valence-corrected chi connectivity index (χ1v) is 7.41. The lowest BCUT2D eigenvalue weighted by atomic mass is 10.1. The lowest BCUT2D eigenvalue weighted by Crippen LogP contribution is -1.99. The average Bonchev–Trinajstić information content (AvgIpc) is 2.64. The number of ether oxygens (including phenoxy) is 1. The summed E-state index contributed by atoms with van der Waals surface area (Å²) in [5.41, 5.74) is 0.167. The number of benzene rings is 3. The zero-order chi connectivity index (χ0) is 18.1. The molecule has 0 radical (unpaired) electrons. The summed E-state index contributed by atoms with van der Waals surface area (Å²) < 4.78 is 5.58. The number of hydrogen-bond donors (Lipinski definition) is 2. The van der Waals surface area contributed by atoms with Gasteiger partial charge in [0, 0.05) is 0 Å². The first-order chi connectivity index (χ1) is 12.1. The minimum atomic E-state index is -1.06. The van der Waals surface area contributed by atoms with Crippen LogP contribution < -0.4 is 4.74 Å². The lowest BCUT2D eigenvalue weighted by molar-refractivity contribution is 0.0681. The molecule has 0 aliphatic carbocycles. The summed E-state index contributed by atoms with van der Waals surface area (Å²) in [6.07, 6.45) is 0. The Labute approximate surface area is 144 Å². The molecule has 0 saturated heterocycles. The van der Waals surface area contributed by atoms with Crippen LogP contribution in [0, 0.1) is 0 Å². The van der Waals surface area contributed by atoms with E-state index in [2.05, 4.69) is 0 Å². The van der Waals surface area contributed by atoms with E-state index in [1.807, 2.05) is 60.7 Å². The molecule has 3 rings (SSSR count). The average molecular weight is 336 g/mol. The third kappa shape index (κ3) is 5.84. The summed E-state index contributed by atoms with van der Waals surface area (Å²) in [6, 6.07) is 24.5. The number of aromatic carboxylic acids is 2. The summed E-state index contributed by atoms with van der Waals surface area (Å²) in [5.74, 6) is -0.388. The van der Waals surface area contributed by atoms with Crippen LogP contribution in [0.3, 0.4) is 0 Å². The van der Waals surface area contributed by atoms with Crippen molar-refractivity contribution >= 4 is 11.9 Å². The Morgan fingerprint density at radius 2 is 0.880 bits per heavy atom. The molecule has 5 nitrogen and oxygen atoms in total. The van der Waals surface area contributed by atoms with Gasteiger partial charge in [0.05, 0.1) is 11.1 Å². The molecule has 0 heterocycles. The van der Waals surface area contributed by atoms with E-state index in [9.17, 15) is 9.59 Å². The highest BCUT2D eigenvalue weighted by Crippen LogP contribution is 2.19. The molecule has 0 aromatic heterocycles. The van der Waals surface area contributed by atoms with Gasteiger partial charge in [-0.25, -0.2) is 9.59 Å². The van der Waals surface area contributed by atoms with Crippen molar-refractivity contribution in [3.05, 3.63) is 96.1 Å². The van der Waals surface area contributed by atoms with E-state index in [-0.39, 0.29) is 11.1 Å². The maximum Gasteiger partial charge on any atom is 0.335 e.